The van der Waals surface area contributed by atoms with Gasteiger partial charge in [-0.2, -0.15) is 0 Å². The van der Waals surface area contributed by atoms with Gasteiger partial charge in [0.15, 0.2) is 17.7 Å². The number of carbonyl (C=O) groups is 2. The van der Waals surface area contributed by atoms with Crippen LogP contribution >= 0.6 is 15.9 Å². The van der Waals surface area contributed by atoms with Crippen molar-refractivity contribution in [2.45, 2.75) is 19.1 Å². The monoisotopic (exact) mass is 482 g/mol. The Bertz CT molecular complexity index is 907. The van der Waals surface area contributed by atoms with E-state index in [1.807, 2.05) is 0 Å². The number of benzene rings is 2. The van der Waals surface area contributed by atoms with Crippen LogP contribution in [0.2, 0.25) is 0 Å². The molecular formula is C20H20BrFN2O6. The van der Waals surface area contributed by atoms with E-state index in [0.717, 1.165) is 22.7 Å². The Morgan fingerprint density at radius 3 is 2.53 bits per heavy atom. The number of anilines is 1. The van der Waals surface area contributed by atoms with E-state index >= 15 is 0 Å². The van der Waals surface area contributed by atoms with Gasteiger partial charge in [-0.15, -0.1) is 0 Å². The summed E-state index contributed by atoms with van der Waals surface area (Å²) < 4.78 is 25.7. The smallest absolute Gasteiger partial charge is 0.412 e. The summed E-state index contributed by atoms with van der Waals surface area (Å²) in [6.07, 6.45) is -0.761. The van der Waals surface area contributed by atoms with E-state index in [-0.39, 0.29) is 12.2 Å². The molecule has 8 nitrogen and oxygen atoms in total. The quantitative estimate of drug-likeness (QED) is 0.256. The fraction of sp³-hybridized carbons (Fsp3) is 0.200. The van der Waals surface area contributed by atoms with Crippen molar-refractivity contribution in [2.75, 3.05) is 11.9 Å². The van der Waals surface area contributed by atoms with E-state index in [1.54, 1.807) is 31.2 Å². The Hall–Kier alpha value is -2.95. The van der Waals surface area contributed by atoms with Crippen LogP contribution < -0.4 is 10.8 Å². The van der Waals surface area contributed by atoms with E-state index in [1.165, 1.54) is 17.6 Å². The number of amides is 2. The molecule has 2 atom stereocenters. The van der Waals surface area contributed by atoms with Gasteiger partial charge in [-0.25, -0.2) is 14.7 Å². The molecule has 160 valence electrons. The zero-order valence-electron chi connectivity index (χ0n) is 15.8. The first-order valence-electron chi connectivity index (χ1n) is 8.79. The Balaban J connectivity index is 2.31. The minimum atomic E-state index is -1.17. The van der Waals surface area contributed by atoms with Gasteiger partial charge in [0.05, 0.1) is 0 Å². The number of halogens is 2. The van der Waals surface area contributed by atoms with Gasteiger partial charge in [0.2, 0.25) is 0 Å². The molecule has 30 heavy (non-hydrogen) atoms. The zero-order valence-corrected chi connectivity index (χ0v) is 17.4. The van der Waals surface area contributed by atoms with Gasteiger partial charge in [0, 0.05) is 22.8 Å². The normalized spacial score (nSPS) is 12.9. The van der Waals surface area contributed by atoms with E-state index in [4.69, 9.17) is 14.7 Å². The number of hydrogen-bond acceptors (Lipinski definition) is 6. The molecule has 0 unspecified atom stereocenters. The molecule has 2 aromatic rings. The number of rotatable bonds is 8. The van der Waals surface area contributed by atoms with Gasteiger partial charge in [0.1, 0.15) is 6.10 Å². The fourth-order valence-corrected chi connectivity index (χ4v) is 2.74. The number of hydrogen-bond donors (Lipinski definition) is 4. The lowest BCUT2D eigenvalue weighted by atomic mass is 10.0. The summed E-state index contributed by atoms with van der Waals surface area (Å²) in [5.74, 6) is -2.31. The minimum absolute atomic E-state index is 0.184. The maximum absolute atomic E-state index is 13.9. The van der Waals surface area contributed by atoms with Crippen LogP contribution in [0.25, 0.3) is 0 Å². The fourth-order valence-electron chi connectivity index (χ4n) is 2.48. The van der Waals surface area contributed by atoms with Crippen LogP contribution in [0.5, 0.6) is 5.75 Å². The first-order valence-corrected chi connectivity index (χ1v) is 9.58. The molecular weight excluding hydrogens is 463 g/mol. The van der Waals surface area contributed by atoms with Crippen molar-refractivity contribution in [3.8, 4) is 5.75 Å². The molecule has 0 aliphatic heterocycles. The number of ether oxygens (including phenoxy) is 2. The molecule has 2 rings (SSSR count). The van der Waals surface area contributed by atoms with Crippen LogP contribution in [-0.2, 0) is 14.3 Å². The largest absolute Gasteiger partial charge is 0.505 e. The van der Waals surface area contributed by atoms with E-state index in [9.17, 15) is 19.1 Å². The number of nitrogens with one attached hydrogen (secondary N) is 2. The lowest BCUT2D eigenvalue weighted by Gasteiger charge is -2.25. The molecule has 2 amide bonds. The second kappa shape index (κ2) is 11.3. The number of hydroxylamine groups is 1. The third-order valence-corrected chi connectivity index (χ3v) is 4.36. The van der Waals surface area contributed by atoms with E-state index < -0.39 is 35.8 Å². The maximum atomic E-state index is 13.9. The third kappa shape index (κ3) is 6.83. The summed E-state index contributed by atoms with van der Waals surface area (Å²) in [6.45, 7) is 1.87. The minimum Gasteiger partial charge on any atom is -0.505 e. The summed E-state index contributed by atoms with van der Waals surface area (Å²) in [6, 6.07) is 10.2. The Labute approximate surface area is 180 Å². The average Bonchev–Trinajstić information content (AvgIpc) is 2.73. The molecule has 0 saturated heterocycles. The molecule has 4 N–H and O–H groups in total. The van der Waals surface area contributed by atoms with Crippen LogP contribution in [0.1, 0.15) is 18.6 Å². The van der Waals surface area contributed by atoms with Crippen molar-refractivity contribution in [1.29, 1.82) is 0 Å². The van der Waals surface area contributed by atoms with Crippen molar-refractivity contribution in [3.05, 3.63) is 70.5 Å². The molecule has 0 spiro atoms. The molecule has 0 bridgehead atoms. The highest BCUT2D eigenvalue weighted by Crippen LogP contribution is 2.29. The van der Waals surface area contributed by atoms with Crippen molar-refractivity contribution >= 4 is 33.6 Å². The number of phenolic OH excluding ortho intramolecular Hbond substituents is 1. The predicted octanol–water partition coefficient (Wildman–Crippen LogP) is 4.05. The highest BCUT2D eigenvalue weighted by atomic mass is 79.9. The Kier molecular flexibility index (Phi) is 8.78. The van der Waals surface area contributed by atoms with Crippen LogP contribution in [0, 0.1) is 5.82 Å². The number of phenols is 1. The third-order valence-electron chi connectivity index (χ3n) is 3.83. The van der Waals surface area contributed by atoms with Gasteiger partial charge in [0.25, 0.3) is 5.91 Å². The van der Waals surface area contributed by atoms with Gasteiger partial charge in [-0.3, -0.25) is 15.3 Å². The zero-order chi connectivity index (χ0) is 22.1. The van der Waals surface area contributed by atoms with Crippen molar-refractivity contribution in [1.82, 2.24) is 5.48 Å². The highest BCUT2D eigenvalue weighted by molar-refractivity contribution is 9.10. The predicted molar refractivity (Wildman–Crippen MR) is 110 cm³/mol. The second-order valence-electron chi connectivity index (χ2n) is 5.92. The first-order chi connectivity index (χ1) is 14.3. The molecule has 2 aromatic carbocycles. The van der Waals surface area contributed by atoms with Crippen molar-refractivity contribution < 1.29 is 33.8 Å². The van der Waals surface area contributed by atoms with Crippen molar-refractivity contribution in [3.63, 3.8) is 0 Å². The topological polar surface area (TPSA) is 117 Å². The summed E-state index contributed by atoms with van der Waals surface area (Å²) in [5, 5.41) is 20.7. The summed E-state index contributed by atoms with van der Waals surface area (Å²) in [5.41, 5.74) is 2.08. The second-order valence-corrected chi connectivity index (χ2v) is 6.84. The molecule has 10 heteroatoms. The van der Waals surface area contributed by atoms with E-state index in [0.29, 0.717) is 5.69 Å². The van der Waals surface area contributed by atoms with Crippen LogP contribution in [0.3, 0.4) is 0 Å². The van der Waals surface area contributed by atoms with Crippen LogP contribution in [0.4, 0.5) is 14.9 Å². The van der Waals surface area contributed by atoms with Gasteiger partial charge >= 0.3 is 6.09 Å². The molecule has 0 heterocycles. The first kappa shape index (κ1) is 23.3. The number of aromatic hydroxyl groups is 1. The number of carbonyl (C=O) groups excluding carboxylic acids is 2. The van der Waals surface area contributed by atoms with Gasteiger partial charge in [-0.05, 0) is 55.0 Å². The highest BCUT2D eigenvalue weighted by Gasteiger charge is 2.27. The molecule has 0 saturated carbocycles. The Morgan fingerprint density at radius 2 is 1.93 bits per heavy atom. The Morgan fingerprint density at radius 1 is 1.23 bits per heavy atom. The standard InChI is InChI=1S/C20H20BrFN2O6/c1-2-29-17(9-10-18(26)24-28)19(12-3-8-16(25)15(22)11-12)30-20(27)23-14-6-4-13(21)5-7-14/h3-11,17,19,25,28H,2H2,1H3,(H,23,27)(H,24,26)/b10-9+/t17-,19-/m1/s1. The van der Waals surface area contributed by atoms with Gasteiger partial charge in [-0.1, -0.05) is 22.0 Å². The molecule has 0 aliphatic carbocycles. The summed E-state index contributed by atoms with van der Waals surface area (Å²) in [7, 11) is 0. The summed E-state index contributed by atoms with van der Waals surface area (Å²) >= 11 is 3.29. The lowest BCUT2D eigenvalue weighted by molar-refractivity contribution is -0.124. The molecule has 0 fully saturated rings. The lowest BCUT2D eigenvalue weighted by Crippen LogP contribution is -2.28. The summed E-state index contributed by atoms with van der Waals surface area (Å²) in [4.78, 5) is 23.8. The van der Waals surface area contributed by atoms with Crippen molar-refractivity contribution in [2.24, 2.45) is 0 Å². The van der Waals surface area contributed by atoms with E-state index in [2.05, 4.69) is 21.2 Å². The average molecular weight is 483 g/mol. The van der Waals surface area contributed by atoms with Crippen LogP contribution in [-0.4, -0.2) is 35.0 Å². The molecule has 0 radical (unpaired) electrons. The molecule has 0 aromatic heterocycles. The molecule has 0 aliphatic rings. The van der Waals surface area contributed by atoms with Crippen LogP contribution in [0.15, 0.2) is 59.1 Å². The maximum Gasteiger partial charge on any atom is 0.412 e. The SMILES string of the molecule is CCO[C@H](/C=C/C(=O)NO)[C@H](OC(=O)Nc1ccc(Br)cc1)c1ccc(O)c(F)c1. The van der Waals surface area contributed by atoms with Gasteiger partial charge < -0.3 is 14.6 Å².